The Morgan fingerprint density at radius 1 is 1.47 bits per heavy atom. The summed E-state index contributed by atoms with van der Waals surface area (Å²) in [7, 11) is 0. The lowest BCUT2D eigenvalue weighted by Crippen LogP contribution is -2.23. The predicted molar refractivity (Wildman–Crippen MR) is 74.7 cm³/mol. The van der Waals surface area contributed by atoms with Crippen LogP contribution in [-0.2, 0) is 18.6 Å². The van der Waals surface area contributed by atoms with Crippen molar-refractivity contribution in [2.24, 2.45) is 0 Å². The molecule has 1 aromatic carbocycles. The quantitative estimate of drug-likeness (QED) is 0.827. The number of rotatable bonds is 3. The average molecular weight is 257 g/mol. The first-order valence-electron chi connectivity index (χ1n) is 6.77. The van der Waals surface area contributed by atoms with Crippen molar-refractivity contribution in [2.45, 2.75) is 38.3 Å². The van der Waals surface area contributed by atoms with Crippen LogP contribution in [-0.4, -0.2) is 14.9 Å². The van der Waals surface area contributed by atoms with Crippen molar-refractivity contribution >= 4 is 5.69 Å². The first-order chi connectivity index (χ1) is 9.13. The summed E-state index contributed by atoms with van der Waals surface area (Å²) in [6.07, 6.45) is 6.32. The Hall–Kier alpha value is -1.81. The molecule has 1 aromatic heterocycles. The third kappa shape index (κ3) is 1.92. The number of anilines is 1. The maximum absolute atomic E-state index is 11.0. The number of aryl methyl sites for hydroxylation is 2. The van der Waals surface area contributed by atoms with Gasteiger partial charge >= 0.3 is 0 Å². The third-order valence-electron chi connectivity index (χ3n) is 3.89. The largest absolute Gasteiger partial charge is 0.399 e. The van der Waals surface area contributed by atoms with E-state index in [1.807, 2.05) is 29.1 Å². The highest BCUT2D eigenvalue weighted by atomic mass is 16.3. The summed E-state index contributed by atoms with van der Waals surface area (Å²) in [4.78, 5) is 0. The van der Waals surface area contributed by atoms with E-state index in [2.05, 4.69) is 12.0 Å². The lowest BCUT2D eigenvalue weighted by Gasteiger charge is -2.22. The van der Waals surface area contributed by atoms with Crippen molar-refractivity contribution in [2.75, 3.05) is 5.73 Å². The lowest BCUT2D eigenvalue weighted by molar-refractivity contribution is 0.0828. The van der Waals surface area contributed by atoms with Gasteiger partial charge in [0.1, 0.15) is 5.60 Å². The Balaban J connectivity index is 2.01. The van der Waals surface area contributed by atoms with Crippen molar-refractivity contribution in [3.05, 3.63) is 47.3 Å². The molecule has 19 heavy (non-hydrogen) atoms. The summed E-state index contributed by atoms with van der Waals surface area (Å²) in [5, 5.41) is 15.3. The van der Waals surface area contributed by atoms with Gasteiger partial charge < -0.3 is 10.8 Å². The molecule has 0 saturated heterocycles. The van der Waals surface area contributed by atoms with E-state index >= 15 is 0 Å². The molecule has 4 heteroatoms. The second-order valence-electron chi connectivity index (χ2n) is 5.27. The number of aliphatic hydroxyl groups is 1. The van der Waals surface area contributed by atoms with Gasteiger partial charge in [0.05, 0.1) is 6.20 Å². The van der Waals surface area contributed by atoms with Gasteiger partial charge in [-0.2, -0.15) is 5.10 Å². The van der Waals surface area contributed by atoms with Gasteiger partial charge in [0.15, 0.2) is 0 Å². The monoisotopic (exact) mass is 257 g/mol. The molecule has 1 unspecified atom stereocenters. The zero-order chi connectivity index (χ0) is 13.5. The van der Waals surface area contributed by atoms with Crippen LogP contribution in [0.3, 0.4) is 0 Å². The van der Waals surface area contributed by atoms with E-state index in [4.69, 9.17) is 5.73 Å². The number of benzene rings is 1. The van der Waals surface area contributed by atoms with Crippen molar-refractivity contribution in [3.63, 3.8) is 0 Å². The Morgan fingerprint density at radius 2 is 2.32 bits per heavy atom. The summed E-state index contributed by atoms with van der Waals surface area (Å²) < 4.78 is 1.89. The molecule has 1 heterocycles. The molecular formula is C15H19N3O. The summed E-state index contributed by atoms with van der Waals surface area (Å²) in [6, 6.07) is 5.75. The fraction of sp³-hybridized carbons (Fsp3) is 0.400. The zero-order valence-electron chi connectivity index (χ0n) is 11.1. The molecular weight excluding hydrogens is 238 g/mol. The van der Waals surface area contributed by atoms with Crippen LogP contribution in [0.25, 0.3) is 0 Å². The van der Waals surface area contributed by atoms with E-state index in [0.29, 0.717) is 6.42 Å². The second kappa shape index (κ2) is 4.38. The molecule has 3 N–H and O–H groups in total. The average Bonchev–Trinajstić information content (AvgIpc) is 2.97. The Labute approximate surface area is 112 Å². The van der Waals surface area contributed by atoms with Crippen molar-refractivity contribution in [1.82, 2.24) is 9.78 Å². The van der Waals surface area contributed by atoms with E-state index in [-0.39, 0.29) is 0 Å². The fourth-order valence-electron chi connectivity index (χ4n) is 2.90. The van der Waals surface area contributed by atoms with Crippen LogP contribution in [0.1, 0.15) is 36.5 Å². The molecule has 1 aliphatic rings. The van der Waals surface area contributed by atoms with E-state index in [0.717, 1.165) is 41.8 Å². The third-order valence-corrected chi connectivity index (χ3v) is 3.89. The first kappa shape index (κ1) is 12.2. The molecule has 2 aromatic rings. The summed E-state index contributed by atoms with van der Waals surface area (Å²) in [5.74, 6) is 0. The van der Waals surface area contributed by atoms with Crippen LogP contribution < -0.4 is 5.73 Å². The number of aromatic nitrogens is 2. The molecule has 0 aliphatic heterocycles. The van der Waals surface area contributed by atoms with E-state index in [1.54, 1.807) is 6.20 Å². The van der Waals surface area contributed by atoms with Gasteiger partial charge in [-0.1, -0.05) is 13.0 Å². The van der Waals surface area contributed by atoms with Crippen LogP contribution in [0.5, 0.6) is 0 Å². The summed E-state index contributed by atoms with van der Waals surface area (Å²) in [5.41, 5.74) is 8.64. The molecule has 0 saturated carbocycles. The number of nitrogens with two attached hydrogens (primary N) is 1. The van der Waals surface area contributed by atoms with Crippen molar-refractivity contribution in [3.8, 4) is 0 Å². The van der Waals surface area contributed by atoms with Crippen LogP contribution >= 0.6 is 0 Å². The molecule has 3 rings (SSSR count). The molecule has 100 valence electrons. The Kier molecular flexibility index (Phi) is 2.82. The summed E-state index contributed by atoms with van der Waals surface area (Å²) in [6.45, 7) is 2.99. The number of fused-ring (bicyclic) bond motifs is 1. The smallest absolute Gasteiger partial charge is 0.118 e. The SMILES string of the molecule is CCCn1cc(C2(O)CCc3cc(N)ccc32)cn1. The van der Waals surface area contributed by atoms with Gasteiger partial charge in [-0.15, -0.1) is 0 Å². The number of hydrogen-bond acceptors (Lipinski definition) is 3. The number of hydrogen-bond donors (Lipinski definition) is 2. The Morgan fingerprint density at radius 3 is 3.11 bits per heavy atom. The summed E-state index contributed by atoms with van der Waals surface area (Å²) >= 11 is 0. The van der Waals surface area contributed by atoms with Gasteiger partial charge in [0.25, 0.3) is 0 Å². The normalized spacial score (nSPS) is 21.6. The van der Waals surface area contributed by atoms with Gasteiger partial charge in [-0.3, -0.25) is 4.68 Å². The minimum absolute atomic E-state index is 0.698. The molecule has 0 radical (unpaired) electrons. The van der Waals surface area contributed by atoms with Crippen molar-refractivity contribution in [1.29, 1.82) is 0 Å². The van der Waals surface area contributed by atoms with Crippen molar-refractivity contribution < 1.29 is 5.11 Å². The molecule has 0 spiro atoms. The van der Waals surface area contributed by atoms with E-state index in [1.165, 1.54) is 0 Å². The Bertz CT molecular complexity index is 605. The highest BCUT2D eigenvalue weighted by Gasteiger charge is 2.39. The first-order valence-corrected chi connectivity index (χ1v) is 6.77. The van der Waals surface area contributed by atoms with Gasteiger partial charge in [0.2, 0.25) is 0 Å². The molecule has 0 fully saturated rings. The topological polar surface area (TPSA) is 64.1 Å². The number of nitrogens with zero attached hydrogens (tertiary/aromatic N) is 2. The standard InChI is InChI=1S/C15H19N3O/c1-2-7-18-10-12(9-17-18)15(19)6-5-11-8-13(16)3-4-14(11)15/h3-4,8-10,19H,2,5-7,16H2,1H3. The van der Waals surface area contributed by atoms with Crippen LogP contribution in [0, 0.1) is 0 Å². The minimum atomic E-state index is -0.908. The molecule has 0 amide bonds. The highest BCUT2D eigenvalue weighted by Crippen LogP contribution is 2.42. The second-order valence-corrected chi connectivity index (χ2v) is 5.27. The van der Waals surface area contributed by atoms with Gasteiger partial charge in [0, 0.05) is 24.0 Å². The number of nitrogen functional groups attached to an aromatic ring is 1. The van der Waals surface area contributed by atoms with Gasteiger partial charge in [-0.25, -0.2) is 0 Å². The van der Waals surface area contributed by atoms with Crippen LogP contribution in [0.4, 0.5) is 5.69 Å². The lowest BCUT2D eigenvalue weighted by atomic mass is 9.90. The molecule has 1 atom stereocenters. The zero-order valence-corrected chi connectivity index (χ0v) is 11.1. The molecule has 1 aliphatic carbocycles. The predicted octanol–water partition coefficient (Wildman–Crippen LogP) is 2.06. The maximum atomic E-state index is 11.0. The van der Waals surface area contributed by atoms with E-state index < -0.39 is 5.60 Å². The highest BCUT2D eigenvalue weighted by molar-refractivity contribution is 5.51. The fourth-order valence-corrected chi connectivity index (χ4v) is 2.90. The maximum Gasteiger partial charge on any atom is 0.118 e. The van der Waals surface area contributed by atoms with E-state index in [9.17, 15) is 5.11 Å². The van der Waals surface area contributed by atoms with Gasteiger partial charge in [-0.05, 0) is 42.5 Å². The molecule has 0 bridgehead atoms. The van der Waals surface area contributed by atoms with Crippen LogP contribution in [0.2, 0.25) is 0 Å². The van der Waals surface area contributed by atoms with Crippen LogP contribution in [0.15, 0.2) is 30.6 Å². The molecule has 4 nitrogen and oxygen atoms in total. The minimum Gasteiger partial charge on any atom is -0.399 e.